The molecule has 0 spiro atoms. The average molecular weight is 370 g/mol. The Labute approximate surface area is 146 Å². The van der Waals surface area contributed by atoms with Gasteiger partial charge in [0, 0.05) is 12.3 Å². The van der Waals surface area contributed by atoms with Gasteiger partial charge in [-0.2, -0.15) is 0 Å². The lowest BCUT2D eigenvalue weighted by Crippen LogP contribution is -2.57. The van der Waals surface area contributed by atoms with Gasteiger partial charge in [0.1, 0.15) is 12.4 Å². The normalized spacial score (nSPS) is 18.6. The minimum Gasteiger partial charge on any atom is -0.492 e. The molecule has 1 aromatic rings. The molecule has 138 valence electrons. The maximum atomic E-state index is 12.5. The van der Waals surface area contributed by atoms with Crippen molar-refractivity contribution in [3.63, 3.8) is 0 Å². The number of ether oxygens (including phenoxy) is 3. The Morgan fingerprint density at radius 3 is 2.72 bits per heavy atom. The van der Waals surface area contributed by atoms with Crippen molar-refractivity contribution < 1.29 is 27.4 Å². The van der Waals surface area contributed by atoms with E-state index in [9.17, 15) is 13.2 Å². The molecular formula is C16H22N2O6S. The molecule has 1 amide bonds. The zero-order chi connectivity index (χ0) is 17.9. The van der Waals surface area contributed by atoms with Gasteiger partial charge in [0.2, 0.25) is 12.7 Å². The third-order valence-electron chi connectivity index (χ3n) is 4.54. The van der Waals surface area contributed by atoms with Crippen LogP contribution in [0.4, 0.5) is 0 Å². The second-order valence-electron chi connectivity index (χ2n) is 6.14. The number of sulfone groups is 1. The Kier molecular flexibility index (Phi) is 5.05. The van der Waals surface area contributed by atoms with Crippen LogP contribution in [0.3, 0.4) is 0 Å². The summed E-state index contributed by atoms with van der Waals surface area (Å²) in [5.41, 5.74) is 0. The number of hydrogen-bond donors (Lipinski definition) is 2. The lowest BCUT2D eigenvalue weighted by molar-refractivity contribution is -0.124. The molecule has 1 fully saturated rings. The largest absolute Gasteiger partial charge is 0.492 e. The number of nitrogens with one attached hydrogen (secondary N) is 2. The van der Waals surface area contributed by atoms with Gasteiger partial charge in [0.05, 0.1) is 6.54 Å². The number of piperidine rings is 1. The molecule has 8 nitrogen and oxygen atoms in total. The summed E-state index contributed by atoms with van der Waals surface area (Å²) in [5, 5.41) is 5.78. The van der Waals surface area contributed by atoms with Crippen molar-refractivity contribution in [1.82, 2.24) is 10.6 Å². The van der Waals surface area contributed by atoms with Gasteiger partial charge in [-0.3, -0.25) is 4.79 Å². The van der Waals surface area contributed by atoms with E-state index < -0.39 is 20.5 Å². The van der Waals surface area contributed by atoms with Gasteiger partial charge in [0.15, 0.2) is 26.1 Å². The lowest BCUT2D eigenvalue weighted by atomic mass is 9.96. The van der Waals surface area contributed by atoms with Crippen LogP contribution in [-0.4, -0.2) is 58.4 Å². The summed E-state index contributed by atoms with van der Waals surface area (Å²) in [4.78, 5) is 12.5. The van der Waals surface area contributed by atoms with Crippen LogP contribution >= 0.6 is 0 Å². The summed E-state index contributed by atoms with van der Waals surface area (Å²) >= 11 is 0. The van der Waals surface area contributed by atoms with Gasteiger partial charge in [-0.05, 0) is 38.1 Å². The van der Waals surface area contributed by atoms with Crippen LogP contribution < -0.4 is 24.8 Å². The van der Waals surface area contributed by atoms with Crippen LogP contribution in [0.5, 0.6) is 17.2 Å². The first-order valence-corrected chi connectivity index (χ1v) is 10.0. The highest BCUT2D eigenvalue weighted by molar-refractivity contribution is 7.92. The molecule has 1 aromatic carbocycles. The van der Waals surface area contributed by atoms with Gasteiger partial charge in [0.25, 0.3) is 0 Å². The van der Waals surface area contributed by atoms with E-state index in [1.165, 1.54) is 0 Å². The SMILES string of the molecule is CS(=O)(=O)C1(C(=O)NCCOc2ccc3c(c2)OCO3)CCNCC1. The van der Waals surface area contributed by atoms with E-state index in [4.69, 9.17) is 14.2 Å². The van der Waals surface area contributed by atoms with Gasteiger partial charge >= 0.3 is 0 Å². The maximum absolute atomic E-state index is 12.5. The first kappa shape index (κ1) is 17.8. The van der Waals surface area contributed by atoms with Gasteiger partial charge in [-0.25, -0.2) is 8.42 Å². The van der Waals surface area contributed by atoms with E-state index in [2.05, 4.69) is 10.6 Å². The summed E-state index contributed by atoms with van der Waals surface area (Å²) in [6, 6.07) is 5.22. The minimum absolute atomic E-state index is 0.192. The second kappa shape index (κ2) is 7.09. The number of fused-ring (bicyclic) bond motifs is 1. The van der Waals surface area contributed by atoms with Crippen molar-refractivity contribution in [3.8, 4) is 17.2 Å². The molecule has 0 aliphatic carbocycles. The van der Waals surface area contributed by atoms with Crippen LogP contribution in [0.15, 0.2) is 18.2 Å². The number of benzene rings is 1. The van der Waals surface area contributed by atoms with E-state index in [0.29, 0.717) is 30.3 Å². The Balaban J connectivity index is 1.53. The predicted octanol–water partition coefficient (Wildman–Crippen LogP) is 0.0771. The molecule has 2 aliphatic rings. The van der Waals surface area contributed by atoms with Crippen LogP contribution in [0.25, 0.3) is 0 Å². The molecule has 1 saturated heterocycles. The first-order chi connectivity index (χ1) is 11.9. The van der Waals surface area contributed by atoms with E-state index >= 15 is 0 Å². The molecule has 0 bridgehead atoms. The smallest absolute Gasteiger partial charge is 0.241 e. The topological polar surface area (TPSA) is 103 Å². The molecule has 3 rings (SSSR count). The van der Waals surface area contributed by atoms with Crippen LogP contribution in [0, 0.1) is 0 Å². The van der Waals surface area contributed by atoms with Crippen molar-refractivity contribution in [1.29, 1.82) is 0 Å². The zero-order valence-corrected chi connectivity index (χ0v) is 14.9. The molecule has 2 heterocycles. The molecule has 0 aromatic heterocycles. The molecule has 2 aliphatic heterocycles. The monoisotopic (exact) mass is 370 g/mol. The molecule has 2 N–H and O–H groups in total. The number of amides is 1. The highest BCUT2D eigenvalue weighted by atomic mass is 32.2. The number of hydrogen-bond acceptors (Lipinski definition) is 7. The molecule has 0 radical (unpaired) electrons. The zero-order valence-electron chi connectivity index (χ0n) is 14.0. The molecule has 0 saturated carbocycles. The third-order valence-corrected chi connectivity index (χ3v) is 6.55. The number of carbonyl (C=O) groups is 1. The van der Waals surface area contributed by atoms with Crippen molar-refractivity contribution in [2.24, 2.45) is 0 Å². The summed E-state index contributed by atoms with van der Waals surface area (Å²) in [6.45, 7) is 1.65. The van der Waals surface area contributed by atoms with Crippen molar-refractivity contribution in [2.45, 2.75) is 17.6 Å². The van der Waals surface area contributed by atoms with E-state index in [1.807, 2.05) is 0 Å². The fraction of sp³-hybridized carbons (Fsp3) is 0.562. The summed E-state index contributed by atoms with van der Waals surface area (Å²) in [7, 11) is -3.51. The molecule has 0 atom stereocenters. The molecule has 9 heteroatoms. The minimum atomic E-state index is -3.51. The summed E-state index contributed by atoms with van der Waals surface area (Å²) in [5.74, 6) is 1.43. The second-order valence-corrected chi connectivity index (χ2v) is 8.46. The molecule has 0 unspecified atom stereocenters. The van der Waals surface area contributed by atoms with E-state index in [1.54, 1.807) is 18.2 Å². The lowest BCUT2D eigenvalue weighted by Gasteiger charge is -2.34. The van der Waals surface area contributed by atoms with Gasteiger partial charge < -0.3 is 24.8 Å². The number of rotatable bonds is 6. The van der Waals surface area contributed by atoms with Crippen LogP contribution in [0.2, 0.25) is 0 Å². The quantitative estimate of drug-likeness (QED) is 0.684. The molecule has 25 heavy (non-hydrogen) atoms. The van der Waals surface area contributed by atoms with E-state index in [-0.39, 0.29) is 32.8 Å². The Bertz CT molecular complexity index is 743. The highest BCUT2D eigenvalue weighted by Crippen LogP contribution is 2.35. The molecular weight excluding hydrogens is 348 g/mol. The van der Waals surface area contributed by atoms with Gasteiger partial charge in [-0.15, -0.1) is 0 Å². The standard InChI is InChI=1S/C16H22N2O6S/c1-25(20,21)16(4-6-17-7-5-16)15(19)18-8-9-22-12-2-3-13-14(10-12)24-11-23-13/h2-3,10,17H,4-9,11H2,1H3,(H,18,19). The maximum Gasteiger partial charge on any atom is 0.241 e. The Hall–Kier alpha value is -2.00. The van der Waals surface area contributed by atoms with Crippen molar-refractivity contribution >= 4 is 15.7 Å². The predicted molar refractivity (Wildman–Crippen MR) is 90.7 cm³/mol. The number of carbonyl (C=O) groups excluding carboxylic acids is 1. The Morgan fingerprint density at radius 1 is 1.28 bits per heavy atom. The van der Waals surface area contributed by atoms with Crippen molar-refractivity contribution in [3.05, 3.63) is 18.2 Å². The summed E-state index contributed by atoms with van der Waals surface area (Å²) in [6.07, 6.45) is 1.68. The first-order valence-electron chi connectivity index (χ1n) is 8.13. The van der Waals surface area contributed by atoms with Crippen LogP contribution in [-0.2, 0) is 14.6 Å². The fourth-order valence-corrected chi connectivity index (χ4v) is 4.41. The summed E-state index contributed by atoms with van der Waals surface area (Å²) < 4.78 is 39.1. The Morgan fingerprint density at radius 2 is 2.00 bits per heavy atom. The third kappa shape index (κ3) is 3.67. The van der Waals surface area contributed by atoms with E-state index in [0.717, 1.165) is 6.26 Å². The average Bonchev–Trinajstić information content (AvgIpc) is 3.06. The van der Waals surface area contributed by atoms with Crippen molar-refractivity contribution in [2.75, 3.05) is 39.3 Å². The highest BCUT2D eigenvalue weighted by Gasteiger charge is 2.48. The van der Waals surface area contributed by atoms with Gasteiger partial charge in [-0.1, -0.05) is 0 Å². The fourth-order valence-electron chi connectivity index (χ4n) is 3.06. The van der Waals surface area contributed by atoms with Crippen LogP contribution in [0.1, 0.15) is 12.8 Å².